The number of carbonyl (C=O) groups excluding carboxylic acids is 2. The van der Waals surface area contributed by atoms with Crippen molar-refractivity contribution in [1.29, 1.82) is 0 Å². The van der Waals surface area contributed by atoms with Gasteiger partial charge in [0.25, 0.3) is 0 Å². The summed E-state index contributed by atoms with van der Waals surface area (Å²) < 4.78 is 0. The quantitative estimate of drug-likeness (QED) is 0.600. The van der Waals surface area contributed by atoms with Gasteiger partial charge in [-0.25, -0.2) is 4.99 Å². The molecule has 0 aromatic heterocycles. The Kier molecular flexibility index (Phi) is 6.19. The van der Waals surface area contributed by atoms with Crippen molar-refractivity contribution < 1.29 is 9.59 Å². The molecule has 1 saturated carbocycles. The first-order valence-electron chi connectivity index (χ1n) is 8.38. The zero-order valence-corrected chi connectivity index (χ0v) is 14.4. The van der Waals surface area contributed by atoms with Gasteiger partial charge in [-0.05, 0) is 37.2 Å². The molecule has 0 bridgehead atoms. The van der Waals surface area contributed by atoms with Crippen LogP contribution in [0.5, 0.6) is 0 Å². The van der Waals surface area contributed by atoms with Crippen molar-refractivity contribution in [2.45, 2.75) is 26.2 Å². The second-order valence-corrected chi connectivity index (χ2v) is 6.71. The van der Waals surface area contributed by atoms with Crippen molar-refractivity contribution >= 4 is 18.7 Å². The molecular formula is C17H28N4O2. The number of aliphatic imine (C=N–C) groups is 1. The average Bonchev–Trinajstić information content (AvgIpc) is 3.25. The van der Waals surface area contributed by atoms with E-state index in [9.17, 15) is 9.59 Å². The zero-order chi connectivity index (χ0) is 16.8. The molecule has 1 aliphatic heterocycles. The number of nitrogens with zero attached hydrogens (tertiary/aromatic N) is 4. The summed E-state index contributed by atoms with van der Waals surface area (Å²) in [4.78, 5) is 32.9. The Morgan fingerprint density at radius 1 is 1.48 bits per heavy atom. The lowest BCUT2D eigenvalue weighted by molar-refractivity contribution is -0.130. The Balaban J connectivity index is 1.73. The van der Waals surface area contributed by atoms with Gasteiger partial charge in [0.2, 0.25) is 12.3 Å². The maximum absolute atomic E-state index is 12.4. The minimum absolute atomic E-state index is 0.187. The summed E-state index contributed by atoms with van der Waals surface area (Å²) in [6.45, 7) is 5.20. The largest absolute Gasteiger partial charge is 0.362 e. The van der Waals surface area contributed by atoms with E-state index in [4.69, 9.17) is 0 Å². The van der Waals surface area contributed by atoms with Gasteiger partial charge in [0.15, 0.2) is 0 Å². The Morgan fingerprint density at radius 2 is 2.26 bits per heavy atom. The van der Waals surface area contributed by atoms with Gasteiger partial charge >= 0.3 is 0 Å². The lowest BCUT2D eigenvalue weighted by Crippen LogP contribution is -2.33. The molecule has 2 rings (SSSR count). The molecule has 2 aliphatic rings. The van der Waals surface area contributed by atoms with Gasteiger partial charge in [0.05, 0.1) is 12.8 Å². The molecule has 0 spiro atoms. The summed E-state index contributed by atoms with van der Waals surface area (Å²) in [6, 6.07) is 0. The highest BCUT2D eigenvalue weighted by Gasteiger charge is 2.37. The highest BCUT2D eigenvalue weighted by atomic mass is 16.2. The van der Waals surface area contributed by atoms with Gasteiger partial charge < -0.3 is 14.7 Å². The van der Waals surface area contributed by atoms with Crippen LogP contribution in [0.25, 0.3) is 0 Å². The normalized spacial score (nSPS) is 22.6. The molecule has 6 nitrogen and oxygen atoms in total. The molecule has 1 heterocycles. The smallest absolute Gasteiger partial charge is 0.226 e. The minimum Gasteiger partial charge on any atom is -0.362 e. The highest BCUT2D eigenvalue weighted by molar-refractivity contribution is 5.79. The van der Waals surface area contributed by atoms with Crippen LogP contribution in [0, 0.1) is 11.8 Å². The number of hydrogen-bond acceptors (Lipinski definition) is 4. The molecular weight excluding hydrogens is 292 g/mol. The number of hydrogen-bond donors (Lipinski definition) is 0. The maximum atomic E-state index is 12.4. The van der Waals surface area contributed by atoms with Gasteiger partial charge in [-0.2, -0.15) is 0 Å². The van der Waals surface area contributed by atoms with E-state index in [0.717, 1.165) is 44.6 Å². The second kappa shape index (κ2) is 8.13. The maximum Gasteiger partial charge on any atom is 0.226 e. The Morgan fingerprint density at radius 3 is 2.91 bits per heavy atom. The van der Waals surface area contributed by atoms with Gasteiger partial charge in [-0.15, -0.1) is 0 Å². The molecule has 6 heteroatoms. The fourth-order valence-corrected chi connectivity index (χ4v) is 3.14. The van der Waals surface area contributed by atoms with Gasteiger partial charge in [-0.3, -0.25) is 9.59 Å². The van der Waals surface area contributed by atoms with Crippen LogP contribution in [-0.2, 0) is 9.59 Å². The second-order valence-electron chi connectivity index (χ2n) is 6.71. The van der Waals surface area contributed by atoms with Crippen molar-refractivity contribution in [3.05, 3.63) is 11.8 Å². The van der Waals surface area contributed by atoms with Gasteiger partial charge in [-0.1, -0.05) is 0 Å². The summed E-state index contributed by atoms with van der Waals surface area (Å²) in [5.74, 6) is 1.46. The Bertz CT molecular complexity index is 489. The van der Waals surface area contributed by atoms with E-state index in [1.807, 2.05) is 30.8 Å². The highest BCUT2D eigenvalue weighted by Crippen LogP contribution is 2.41. The molecule has 0 aromatic rings. The Labute approximate surface area is 138 Å². The first-order chi connectivity index (χ1) is 11.0. The van der Waals surface area contributed by atoms with Crippen LogP contribution < -0.4 is 0 Å². The summed E-state index contributed by atoms with van der Waals surface area (Å²) in [6.07, 6.45) is 7.13. The standard InChI is InChI=1S/C17H28N4O2/c1-4-21(6-5-15-8-16(15)11-20(3)13-22)17(23)7-14-9-18-12-19(2)10-14/h9,12-13,15-16H,4-8,10-11H2,1-3H3. The molecule has 0 radical (unpaired) electrons. The molecule has 1 fully saturated rings. The summed E-state index contributed by atoms with van der Waals surface area (Å²) in [5, 5.41) is 0. The van der Waals surface area contributed by atoms with E-state index in [1.165, 1.54) is 6.42 Å². The van der Waals surface area contributed by atoms with Gasteiger partial charge in [0, 0.05) is 46.5 Å². The van der Waals surface area contributed by atoms with Crippen LogP contribution in [0.2, 0.25) is 0 Å². The molecule has 0 saturated heterocycles. The van der Waals surface area contributed by atoms with Crippen LogP contribution in [0.15, 0.2) is 16.8 Å². The number of rotatable bonds is 9. The van der Waals surface area contributed by atoms with Gasteiger partial charge in [0.1, 0.15) is 0 Å². The van der Waals surface area contributed by atoms with Crippen LogP contribution in [0.4, 0.5) is 0 Å². The lowest BCUT2D eigenvalue weighted by atomic mass is 10.1. The molecule has 0 aromatic carbocycles. The fourth-order valence-electron chi connectivity index (χ4n) is 3.14. The predicted molar refractivity (Wildman–Crippen MR) is 91.0 cm³/mol. The van der Waals surface area contributed by atoms with Crippen molar-refractivity contribution in [2.24, 2.45) is 16.8 Å². The first-order valence-corrected chi connectivity index (χ1v) is 8.38. The van der Waals surface area contributed by atoms with Crippen molar-refractivity contribution in [2.75, 3.05) is 40.3 Å². The monoisotopic (exact) mass is 320 g/mol. The molecule has 2 unspecified atom stereocenters. The molecule has 0 N–H and O–H groups in total. The third-order valence-corrected chi connectivity index (χ3v) is 4.63. The van der Waals surface area contributed by atoms with Crippen LogP contribution >= 0.6 is 0 Å². The minimum atomic E-state index is 0.187. The van der Waals surface area contributed by atoms with E-state index in [1.54, 1.807) is 17.4 Å². The predicted octanol–water partition coefficient (Wildman–Crippen LogP) is 1.20. The topological polar surface area (TPSA) is 56.2 Å². The van der Waals surface area contributed by atoms with Crippen LogP contribution in [-0.4, -0.2) is 73.6 Å². The number of likely N-dealkylation sites (N-methyl/N-ethyl adjacent to an activating group) is 1. The zero-order valence-electron chi connectivity index (χ0n) is 14.4. The molecule has 2 amide bonds. The van der Waals surface area contributed by atoms with Crippen molar-refractivity contribution in [3.8, 4) is 0 Å². The van der Waals surface area contributed by atoms with Crippen molar-refractivity contribution in [3.63, 3.8) is 0 Å². The lowest BCUT2D eigenvalue weighted by Gasteiger charge is -2.24. The summed E-state index contributed by atoms with van der Waals surface area (Å²) in [5.41, 5.74) is 1.07. The van der Waals surface area contributed by atoms with E-state index in [2.05, 4.69) is 4.99 Å². The molecule has 1 aliphatic carbocycles. The molecule has 23 heavy (non-hydrogen) atoms. The molecule has 2 atom stereocenters. The third kappa shape index (κ3) is 5.37. The van der Waals surface area contributed by atoms with Crippen LogP contribution in [0.1, 0.15) is 26.2 Å². The summed E-state index contributed by atoms with van der Waals surface area (Å²) in [7, 11) is 3.78. The van der Waals surface area contributed by atoms with E-state index < -0.39 is 0 Å². The SMILES string of the molecule is CCN(CCC1CC1CN(C)C=O)C(=O)CC1=CN=CN(C)C1. The Hall–Kier alpha value is -1.85. The van der Waals surface area contributed by atoms with Crippen LogP contribution in [0.3, 0.4) is 0 Å². The van der Waals surface area contributed by atoms with E-state index in [0.29, 0.717) is 18.3 Å². The van der Waals surface area contributed by atoms with Crippen molar-refractivity contribution in [1.82, 2.24) is 14.7 Å². The number of amides is 2. The number of carbonyl (C=O) groups is 2. The van der Waals surface area contributed by atoms with E-state index >= 15 is 0 Å². The first kappa shape index (κ1) is 17.5. The molecule has 128 valence electrons. The third-order valence-electron chi connectivity index (χ3n) is 4.63. The average molecular weight is 320 g/mol. The fraction of sp³-hybridized carbons (Fsp3) is 0.706. The van der Waals surface area contributed by atoms with E-state index in [-0.39, 0.29) is 5.91 Å². The summed E-state index contributed by atoms with van der Waals surface area (Å²) >= 11 is 0.